The smallest absolute Gasteiger partial charge is 0.242 e. The molecule has 0 radical (unpaired) electrons. The van der Waals surface area contributed by atoms with Gasteiger partial charge in [0.15, 0.2) is 0 Å². The number of carbonyl (C=O) groups excluding carboxylic acids is 2. The fourth-order valence-electron chi connectivity index (χ4n) is 7.94. The third kappa shape index (κ3) is 3.31. The van der Waals surface area contributed by atoms with Gasteiger partial charge in [0.25, 0.3) is 0 Å². The summed E-state index contributed by atoms with van der Waals surface area (Å²) >= 11 is 0. The van der Waals surface area contributed by atoms with Gasteiger partial charge in [-0.15, -0.1) is 0 Å². The highest BCUT2D eigenvalue weighted by atomic mass is 16.2. The van der Waals surface area contributed by atoms with Crippen LogP contribution in [0.15, 0.2) is 0 Å². The first-order valence-electron chi connectivity index (χ1n) is 11.7. The molecule has 1 heterocycles. The van der Waals surface area contributed by atoms with E-state index >= 15 is 0 Å². The lowest BCUT2D eigenvalue weighted by molar-refractivity contribution is -0.148. The van der Waals surface area contributed by atoms with E-state index in [4.69, 9.17) is 0 Å². The molecule has 150 valence electrons. The number of likely N-dealkylation sites (tertiary alicyclic amines) is 1. The van der Waals surface area contributed by atoms with Crippen molar-refractivity contribution in [3.8, 4) is 0 Å². The maximum absolute atomic E-state index is 13.1. The molecule has 5 aliphatic carbocycles. The molecule has 6 fully saturated rings. The van der Waals surface area contributed by atoms with Crippen molar-refractivity contribution < 1.29 is 9.59 Å². The Morgan fingerprint density at radius 1 is 0.852 bits per heavy atom. The van der Waals surface area contributed by atoms with Gasteiger partial charge in [0.2, 0.25) is 11.8 Å². The molecule has 1 aliphatic heterocycles. The number of nitrogens with zero attached hydrogens (tertiary/aromatic N) is 1. The molecule has 27 heavy (non-hydrogen) atoms. The zero-order valence-electron chi connectivity index (χ0n) is 16.8. The third-order valence-electron chi connectivity index (χ3n) is 8.73. The summed E-state index contributed by atoms with van der Waals surface area (Å²) in [4.78, 5) is 28.2. The average Bonchev–Trinajstić information content (AvgIpc) is 3.15. The molecule has 5 saturated carbocycles. The summed E-state index contributed by atoms with van der Waals surface area (Å²) in [5.74, 6) is 3.37. The van der Waals surface area contributed by atoms with E-state index in [1.807, 2.05) is 0 Å². The lowest BCUT2D eigenvalue weighted by Crippen LogP contribution is -2.55. The van der Waals surface area contributed by atoms with Gasteiger partial charge in [-0.2, -0.15) is 0 Å². The van der Waals surface area contributed by atoms with E-state index in [-0.39, 0.29) is 23.8 Å². The van der Waals surface area contributed by atoms with Gasteiger partial charge in [0, 0.05) is 18.0 Å². The third-order valence-corrected chi connectivity index (χ3v) is 8.73. The molecule has 4 heteroatoms. The Balaban J connectivity index is 1.18. The number of hydrogen-bond acceptors (Lipinski definition) is 2. The van der Waals surface area contributed by atoms with E-state index in [1.54, 1.807) is 0 Å². The molecule has 1 atom stereocenters. The topological polar surface area (TPSA) is 49.4 Å². The Morgan fingerprint density at radius 2 is 1.48 bits per heavy atom. The minimum atomic E-state index is -0.136. The highest BCUT2D eigenvalue weighted by Crippen LogP contribution is 2.60. The summed E-state index contributed by atoms with van der Waals surface area (Å²) in [6.45, 7) is 1.12. The minimum Gasteiger partial charge on any atom is -0.347 e. The van der Waals surface area contributed by atoms with Crippen LogP contribution in [0.25, 0.3) is 0 Å². The predicted molar refractivity (Wildman–Crippen MR) is 105 cm³/mol. The second kappa shape index (κ2) is 7.08. The van der Waals surface area contributed by atoms with Crippen LogP contribution >= 0.6 is 0 Å². The van der Waals surface area contributed by atoms with Crippen molar-refractivity contribution in [2.45, 2.75) is 89.5 Å². The van der Waals surface area contributed by atoms with Crippen LogP contribution in [0, 0.1) is 29.1 Å². The van der Waals surface area contributed by atoms with Gasteiger partial charge in [-0.05, 0) is 87.9 Å². The zero-order chi connectivity index (χ0) is 18.4. The molecule has 2 amide bonds. The molecule has 1 N–H and O–H groups in total. The fourth-order valence-corrected chi connectivity index (χ4v) is 7.94. The summed E-state index contributed by atoms with van der Waals surface area (Å²) in [7, 11) is 0. The highest BCUT2D eigenvalue weighted by Gasteiger charge is 2.54. The average molecular weight is 373 g/mol. The molecular weight excluding hydrogens is 336 g/mol. The van der Waals surface area contributed by atoms with Crippen LogP contribution in [-0.2, 0) is 9.59 Å². The first kappa shape index (κ1) is 18.0. The minimum absolute atomic E-state index is 0.136. The summed E-state index contributed by atoms with van der Waals surface area (Å²) < 4.78 is 0. The molecule has 4 bridgehead atoms. The van der Waals surface area contributed by atoms with E-state index in [2.05, 4.69) is 10.2 Å². The number of rotatable bonds is 4. The van der Waals surface area contributed by atoms with Crippen molar-refractivity contribution in [3.63, 3.8) is 0 Å². The molecular formula is C23H36N2O2. The van der Waals surface area contributed by atoms with Gasteiger partial charge < -0.3 is 10.2 Å². The lowest BCUT2D eigenvalue weighted by Gasteiger charge is -2.55. The van der Waals surface area contributed by atoms with Crippen molar-refractivity contribution in [2.24, 2.45) is 29.1 Å². The largest absolute Gasteiger partial charge is 0.347 e. The highest BCUT2D eigenvalue weighted by molar-refractivity contribution is 5.88. The Bertz CT molecular complexity index is 560. The summed E-state index contributed by atoms with van der Waals surface area (Å²) in [5.41, 5.74) is -0.136. The fraction of sp³-hybridized carbons (Fsp3) is 0.913. The van der Waals surface area contributed by atoms with Crippen molar-refractivity contribution in [1.29, 1.82) is 0 Å². The maximum Gasteiger partial charge on any atom is 0.242 e. The van der Waals surface area contributed by atoms with Gasteiger partial charge in [0.1, 0.15) is 0 Å². The molecule has 1 saturated heterocycles. The van der Waals surface area contributed by atoms with Crippen molar-refractivity contribution in [2.75, 3.05) is 13.1 Å². The van der Waals surface area contributed by atoms with Crippen LogP contribution in [0.2, 0.25) is 0 Å². The van der Waals surface area contributed by atoms with Crippen molar-refractivity contribution >= 4 is 11.8 Å². The molecule has 4 nitrogen and oxygen atoms in total. The van der Waals surface area contributed by atoms with E-state index in [9.17, 15) is 9.59 Å². The molecule has 6 aliphatic rings. The SMILES string of the molecule is O=C(CNC(=O)C12CC3CC(CC(C3)C1)C2)N1CCC[C@@H]1C1CCCCC1. The second-order valence-corrected chi connectivity index (χ2v) is 10.6. The van der Waals surface area contributed by atoms with Gasteiger partial charge in [0.05, 0.1) is 6.54 Å². The molecule has 6 rings (SSSR count). The first-order chi connectivity index (χ1) is 13.1. The van der Waals surface area contributed by atoms with E-state index in [0.29, 0.717) is 12.0 Å². The Morgan fingerprint density at radius 3 is 2.11 bits per heavy atom. The molecule has 0 aromatic heterocycles. The summed E-state index contributed by atoms with van der Waals surface area (Å²) in [6.07, 6.45) is 16.2. The standard InChI is InChI=1S/C23H36N2O2/c26-21(25-8-4-7-20(25)19-5-2-1-3-6-19)15-24-22(27)23-12-16-9-17(13-23)11-18(10-16)14-23/h16-20H,1-15H2,(H,24,27)/t16?,17?,18?,20-,23?/m1/s1. The van der Waals surface area contributed by atoms with Crippen LogP contribution in [0.5, 0.6) is 0 Å². The summed E-state index contributed by atoms with van der Waals surface area (Å²) in [5, 5.41) is 3.11. The van der Waals surface area contributed by atoms with Gasteiger partial charge in [-0.1, -0.05) is 19.3 Å². The molecule has 0 unspecified atom stereocenters. The number of amides is 2. The Hall–Kier alpha value is -1.06. The first-order valence-corrected chi connectivity index (χ1v) is 11.7. The summed E-state index contributed by atoms with van der Waals surface area (Å²) in [6, 6.07) is 0.439. The van der Waals surface area contributed by atoms with Gasteiger partial charge >= 0.3 is 0 Å². The van der Waals surface area contributed by atoms with E-state index in [0.717, 1.165) is 50.0 Å². The van der Waals surface area contributed by atoms with E-state index < -0.39 is 0 Å². The number of nitrogens with one attached hydrogen (secondary N) is 1. The van der Waals surface area contributed by atoms with Crippen molar-refractivity contribution in [1.82, 2.24) is 10.2 Å². The molecule has 0 spiro atoms. The van der Waals surface area contributed by atoms with Crippen LogP contribution < -0.4 is 5.32 Å². The Labute approximate surface area is 163 Å². The van der Waals surface area contributed by atoms with Crippen LogP contribution in [0.4, 0.5) is 0 Å². The van der Waals surface area contributed by atoms with Crippen LogP contribution in [0.1, 0.15) is 83.5 Å². The monoisotopic (exact) mass is 372 g/mol. The quantitative estimate of drug-likeness (QED) is 0.814. The zero-order valence-corrected chi connectivity index (χ0v) is 16.8. The van der Waals surface area contributed by atoms with Gasteiger partial charge in [-0.3, -0.25) is 9.59 Å². The van der Waals surface area contributed by atoms with Crippen LogP contribution in [0.3, 0.4) is 0 Å². The van der Waals surface area contributed by atoms with E-state index in [1.165, 1.54) is 57.8 Å². The lowest BCUT2D eigenvalue weighted by atomic mass is 9.49. The molecule has 0 aromatic rings. The van der Waals surface area contributed by atoms with Crippen molar-refractivity contribution in [3.05, 3.63) is 0 Å². The van der Waals surface area contributed by atoms with Crippen LogP contribution in [-0.4, -0.2) is 35.8 Å². The second-order valence-electron chi connectivity index (χ2n) is 10.6. The van der Waals surface area contributed by atoms with Gasteiger partial charge in [-0.25, -0.2) is 0 Å². The predicted octanol–water partition coefficient (Wildman–Crippen LogP) is 3.89. The number of carbonyl (C=O) groups is 2. The Kier molecular flexibility index (Phi) is 4.72. The maximum atomic E-state index is 13.1. The normalized spacial score (nSPS) is 41.1. The molecule has 0 aromatic carbocycles. The number of hydrogen-bond donors (Lipinski definition) is 1.